The number of carbonyl (C=O) groups is 1. The SMILES string of the molecule is Cc1ccc(-c2oc3c4c(cc5ccccc53)-c3ccc(C)cc3[C@@]3(C(=O)N(Cc5ccccc5)c5ccccc53)c24)cc1. The van der Waals surface area contributed by atoms with Gasteiger partial charge in [0.1, 0.15) is 16.8 Å². The maximum atomic E-state index is 15.6. The highest BCUT2D eigenvalue weighted by atomic mass is 16.3. The molecule has 9 rings (SSSR count). The molecule has 0 N–H and O–H groups in total. The van der Waals surface area contributed by atoms with E-state index in [0.717, 1.165) is 77.7 Å². The highest BCUT2D eigenvalue weighted by Crippen LogP contribution is 2.61. The number of nitrogens with zero attached hydrogens (tertiary/aromatic N) is 1. The largest absolute Gasteiger partial charge is 0.455 e. The molecule has 44 heavy (non-hydrogen) atoms. The number of furan rings is 1. The van der Waals surface area contributed by atoms with Crippen LogP contribution in [-0.4, -0.2) is 5.91 Å². The number of rotatable bonds is 3. The lowest BCUT2D eigenvalue weighted by molar-refractivity contribution is -0.120. The summed E-state index contributed by atoms with van der Waals surface area (Å²) in [4.78, 5) is 17.5. The molecule has 0 bridgehead atoms. The van der Waals surface area contributed by atoms with Crippen LogP contribution in [0.3, 0.4) is 0 Å². The zero-order chi connectivity index (χ0) is 29.6. The quantitative estimate of drug-likeness (QED) is 0.213. The van der Waals surface area contributed by atoms with E-state index in [4.69, 9.17) is 4.42 Å². The number of hydrogen-bond donors (Lipinski definition) is 0. The van der Waals surface area contributed by atoms with E-state index < -0.39 is 5.41 Å². The smallest absolute Gasteiger partial charge is 0.247 e. The summed E-state index contributed by atoms with van der Waals surface area (Å²) >= 11 is 0. The summed E-state index contributed by atoms with van der Waals surface area (Å²) in [6.45, 7) is 4.70. The summed E-state index contributed by atoms with van der Waals surface area (Å²) in [6, 6.07) is 44.4. The van der Waals surface area contributed by atoms with Crippen LogP contribution < -0.4 is 4.90 Å². The summed E-state index contributed by atoms with van der Waals surface area (Å²) in [5, 5.41) is 3.20. The Morgan fingerprint density at radius 3 is 2.25 bits per heavy atom. The lowest BCUT2D eigenvalue weighted by Crippen LogP contribution is -2.43. The number of hydrogen-bond acceptors (Lipinski definition) is 2. The molecule has 0 radical (unpaired) electrons. The molecular weight excluding hydrogens is 538 g/mol. The Labute approximate surface area is 256 Å². The lowest BCUT2D eigenvalue weighted by atomic mass is 9.63. The molecule has 1 spiro atoms. The van der Waals surface area contributed by atoms with E-state index in [1.807, 2.05) is 29.2 Å². The summed E-state index contributed by atoms with van der Waals surface area (Å²) in [6.07, 6.45) is 0. The van der Waals surface area contributed by atoms with Crippen molar-refractivity contribution < 1.29 is 9.21 Å². The average molecular weight is 568 g/mol. The van der Waals surface area contributed by atoms with Gasteiger partial charge in [0.05, 0.1) is 6.54 Å². The third-order valence-corrected chi connectivity index (χ3v) is 9.59. The van der Waals surface area contributed by atoms with Crippen LogP contribution in [0.5, 0.6) is 0 Å². The number of anilines is 1. The van der Waals surface area contributed by atoms with Gasteiger partial charge >= 0.3 is 0 Å². The second-order valence-corrected chi connectivity index (χ2v) is 12.2. The van der Waals surface area contributed by atoms with Crippen LogP contribution in [0.4, 0.5) is 5.69 Å². The Morgan fingerprint density at radius 2 is 1.41 bits per heavy atom. The minimum atomic E-state index is -1.08. The molecule has 6 aromatic carbocycles. The maximum absolute atomic E-state index is 15.6. The zero-order valence-electron chi connectivity index (χ0n) is 24.6. The topological polar surface area (TPSA) is 33.5 Å². The van der Waals surface area contributed by atoms with Gasteiger partial charge in [0, 0.05) is 33.2 Å². The van der Waals surface area contributed by atoms with Crippen molar-refractivity contribution in [3.63, 3.8) is 0 Å². The first-order valence-corrected chi connectivity index (χ1v) is 15.2. The van der Waals surface area contributed by atoms with E-state index >= 15 is 4.79 Å². The number of aryl methyl sites for hydroxylation is 2. The van der Waals surface area contributed by atoms with E-state index in [1.54, 1.807) is 0 Å². The normalized spacial score (nSPS) is 16.6. The fraction of sp³-hybridized carbons (Fsp3) is 0.0976. The van der Waals surface area contributed by atoms with Gasteiger partial charge in [0.2, 0.25) is 5.91 Å². The lowest BCUT2D eigenvalue weighted by Gasteiger charge is -2.36. The number of amides is 1. The predicted molar refractivity (Wildman–Crippen MR) is 178 cm³/mol. The van der Waals surface area contributed by atoms with Crippen molar-refractivity contribution in [1.29, 1.82) is 0 Å². The Bertz CT molecular complexity index is 2290. The van der Waals surface area contributed by atoms with Crippen molar-refractivity contribution in [1.82, 2.24) is 0 Å². The van der Waals surface area contributed by atoms with Gasteiger partial charge in [-0.25, -0.2) is 0 Å². The molecule has 3 heteroatoms. The molecule has 0 saturated heterocycles. The van der Waals surface area contributed by atoms with Gasteiger partial charge < -0.3 is 9.32 Å². The Hall–Kier alpha value is -5.41. The van der Waals surface area contributed by atoms with E-state index in [1.165, 1.54) is 5.56 Å². The van der Waals surface area contributed by atoms with E-state index in [2.05, 4.69) is 117 Å². The monoisotopic (exact) mass is 567 g/mol. The van der Waals surface area contributed by atoms with Gasteiger partial charge in [0.25, 0.3) is 0 Å². The van der Waals surface area contributed by atoms with Crippen LogP contribution >= 0.6 is 0 Å². The number of fused-ring (bicyclic) bond motifs is 8. The molecule has 0 fully saturated rings. The third-order valence-electron chi connectivity index (χ3n) is 9.59. The molecule has 0 saturated carbocycles. The number of para-hydroxylation sites is 1. The molecule has 3 nitrogen and oxygen atoms in total. The molecule has 1 aliphatic heterocycles. The van der Waals surface area contributed by atoms with E-state index in [0.29, 0.717) is 6.54 Å². The molecule has 2 heterocycles. The van der Waals surface area contributed by atoms with Gasteiger partial charge in [-0.3, -0.25) is 4.79 Å². The van der Waals surface area contributed by atoms with Crippen LogP contribution in [0.15, 0.2) is 132 Å². The van der Waals surface area contributed by atoms with Gasteiger partial charge in [-0.15, -0.1) is 0 Å². The van der Waals surface area contributed by atoms with E-state index in [9.17, 15) is 0 Å². The molecule has 1 atom stereocenters. The second kappa shape index (κ2) is 9.05. The zero-order valence-corrected chi connectivity index (χ0v) is 24.6. The molecule has 210 valence electrons. The number of benzene rings is 6. The summed E-state index contributed by atoms with van der Waals surface area (Å²) in [7, 11) is 0. The fourth-order valence-electron chi connectivity index (χ4n) is 7.63. The van der Waals surface area contributed by atoms with Crippen LogP contribution in [0.2, 0.25) is 0 Å². The molecule has 1 amide bonds. The van der Waals surface area contributed by atoms with E-state index in [-0.39, 0.29) is 5.91 Å². The summed E-state index contributed by atoms with van der Waals surface area (Å²) < 4.78 is 7.04. The summed E-state index contributed by atoms with van der Waals surface area (Å²) in [5.74, 6) is 0.818. The van der Waals surface area contributed by atoms with Crippen LogP contribution in [0.1, 0.15) is 33.4 Å². The van der Waals surface area contributed by atoms with Crippen LogP contribution in [-0.2, 0) is 16.8 Å². The maximum Gasteiger partial charge on any atom is 0.247 e. The van der Waals surface area contributed by atoms with Gasteiger partial charge in [-0.2, -0.15) is 0 Å². The standard InChI is InChI=1S/C41H29NO2/c1-25-16-19-28(20-17-25)38-37-36-32(23-29-12-6-7-13-30(29)39(36)44-38)31-21-18-26(2)22-34(31)41(37)33-14-8-9-15-35(33)42(40(41)43)24-27-10-4-3-5-11-27/h3-23H,24H2,1-2H3/t41-/m1/s1. The summed E-state index contributed by atoms with van der Waals surface area (Å²) in [5.41, 5.74) is 10.2. The van der Waals surface area contributed by atoms with Crippen molar-refractivity contribution in [3.8, 4) is 22.5 Å². The van der Waals surface area contributed by atoms with Gasteiger partial charge in [0.15, 0.2) is 0 Å². The minimum absolute atomic E-state index is 0.0595. The highest BCUT2D eigenvalue weighted by Gasteiger charge is 2.58. The minimum Gasteiger partial charge on any atom is -0.455 e. The van der Waals surface area contributed by atoms with Crippen molar-refractivity contribution >= 4 is 33.3 Å². The second-order valence-electron chi connectivity index (χ2n) is 12.2. The molecule has 2 aliphatic rings. The first-order valence-electron chi connectivity index (χ1n) is 15.2. The van der Waals surface area contributed by atoms with Crippen molar-refractivity contribution in [2.45, 2.75) is 25.8 Å². The molecular formula is C41H29NO2. The molecule has 1 aliphatic carbocycles. The van der Waals surface area contributed by atoms with Crippen LogP contribution in [0, 0.1) is 13.8 Å². The fourth-order valence-corrected chi connectivity index (χ4v) is 7.63. The molecule has 0 unspecified atom stereocenters. The molecule has 7 aromatic rings. The average Bonchev–Trinajstić information content (AvgIpc) is 3.56. The Balaban J connectivity index is 1.47. The molecule has 1 aromatic heterocycles. The first kappa shape index (κ1) is 25.1. The Kier molecular flexibility index (Phi) is 5.16. The van der Waals surface area contributed by atoms with Crippen molar-refractivity contribution in [2.75, 3.05) is 4.90 Å². The first-order chi connectivity index (χ1) is 21.6. The Morgan fingerprint density at radius 1 is 0.682 bits per heavy atom. The third kappa shape index (κ3) is 3.24. The van der Waals surface area contributed by atoms with Crippen LogP contribution in [0.25, 0.3) is 44.2 Å². The van der Waals surface area contributed by atoms with Gasteiger partial charge in [-0.1, -0.05) is 126 Å². The predicted octanol–water partition coefficient (Wildman–Crippen LogP) is 9.73. The van der Waals surface area contributed by atoms with Gasteiger partial charge in [-0.05, 0) is 53.6 Å². The van der Waals surface area contributed by atoms with Crippen molar-refractivity contribution in [2.24, 2.45) is 0 Å². The van der Waals surface area contributed by atoms with Crippen molar-refractivity contribution in [3.05, 3.63) is 161 Å². The number of carbonyl (C=O) groups excluding carboxylic acids is 1. The highest BCUT2D eigenvalue weighted by molar-refractivity contribution is 6.23.